The molecule has 0 heterocycles. The van der Waals surface area contributed by atoms with Crippen LogP contribution in [-0.4, -0.2) is 5.91 Å². The number of rotatable bonds is 2. The number of carbonyl (C=O) groups is 1. The average molecular weight is 356 g/mol. The molecule has 0 atom stereocenters. The first kappa shape index (κ1) is 12.8. The summed E-state index contributed by atoms with van der Waals surface area (Å²) < 4.78 is 14.2. The number of carbonyl (C=O) groups excluding carboxylic acids is 1. The molecule has 1 amide bonds. The average Bonchev–Trinajstić information content (AvgIpc) is 2.35. The van der Waals surface area contributed by atoms with Crippen LogP contribution in [0.1, 0.15) is 10.4 Å². The van der Waals surface area contributed by atoms with Crippen molar-refractivity contribution < 1.29 is 9.18 Å². The number of nitrogens with one attached hydrogen (secondary N) is 1. The van der Waals surface area contributed by atoms with Crippen LogP contribution in [0.2, 0.25) is 0 Å². The number of nitrogens with two attached hydrogens (primary N) is 1. The highest BCUT2D eigenvalue weighted by molar-refractivity contribution is 14.1. The normalized spacial score (nSPS) is 10.1. The highest BCUT2D eigenvalue weighted by atomic mass is 127. The monoisotopic (exact) mass is 356 g/mol. The number of halogens is 2. The third-order valence-electron chi connectivity index (χ3n) is 2.42. The molecular formula is C13H10FIN2O. The Kier molecular flexibility index (Phi) is 3.81. The molecule has 0 saturated carbocycles. The highest BCUT2D eigenvalue weighted by Crippen LogP contribution is 2.20. The van der Waals surface area contributed by atoms with E-state index in [4.69, 9.17) is 5.73 Å². The Morgan fingerprint density at radius 2 is 1.89 bits per heavy atom. The summed E-state index contributed by atoms with van der Waals surface area (Å²) in [5.74, 6) is -1.01. The molecule has 2 aromatic rings. The first-order valence-electron chi connectivity index (χ1n) is 5.19. The SMILES string of the molecule is Nc1c(F)cccc1C(=O)Nc1ccccc1I. The Bertz CT molecular complexity index is 601. The predicted octanol–water partition coefficient (Wildman–Crippen LogP) is 3.26. The number of nitrogen functional groups attached to an aromatic ring is 1. The molecule has 0 fully saturated rings. The van der Waals surface area contributed by atoms with Gasteiger partial charge < -0.3 is 11.1 Å². The van der Waals surface area contributed by atoms with Gasteiger partial charge in [0.2, 0.25) is 0 Å². The van der Waals surface area contributed by atoms with Gasteiger partial charge in [0.1, 0.15) is 5.82 Å². The second kappa shape index (κ2) is 5.34. The maximum atomic E-state index is 13.3. The molecule has 2 rings (SSSR count). The van der Waals surface area contributed by atoms with Crippen molar-refractivity contribution in [1.29, 1.82) is 0 Å². The third kappa shape index (κ3) is 2.61. The molecule has 0 saturated heterocycles. The number of para-hydroxylation sites is 2. The lowest BCUT2D eigenvalue weighted by molar-refractivity contribution is 0.102. The van der Waals surface area contributed by atoms with Gasteiger partial charge in [-0.2, -0.15) is 0 Å². The zero-order valence-electron chi connectivity index (χ0n) is 9.28. The summed E-state index contributed by atoms with van der Waals surface area (Å²) in [5, 5.41) is 2.70. The minimum atomic E-state index is -0.592. The number of benzene rings is 2. The number of hydrogen-bond donors (Lipinski definition) is 2. The van der Waals surface area contributed by atoms with Crippen LogP contribution in [0.4, 0.5) is 15.8 Å². The summed E-state index contributed by atoms with van der Waals surface area (Å²) in [6.07, 6.45) is 0. The van der Waals surface area contributed by atoms with Crippen LogP contribution in [-0.2, 0) is 0 Å². The van der Waals surface area contributed by atoms with E-state index < -0.39 is 11.7 Å². The predicted molar refractivity (Wildman–Crippen MR) is 77.9 cm³/mol. The van der Waals surface area contributed by atoms with E-state index >= 15 is 0 Å². The molecular weight excluding hydrogens is 346 g/mol. The summed E-state index contributed by atoms with van der Waals surface area (Å²) in [7, 11) is 0. The van der Waals surface area contributed by atoms with Crippen molar-refractivity contribution in [3.05, 3.63) is 57.4 Å². The largest absolute Gasteiger partial charge is 0.396 e. The van der Waals surface area contributed by atoms with E-state index in [1.807, 2.05) is 18.2 Å². The van der Waals surface area contributed by atoms with Crippen molar-refractivity contribution in [2.24, 2.45) is 0 Å². The molecule has 0 aliphatic heterocycles. The van der Waals surface area contributed by atoms with Gasteiger partial charge in [0.15, 0.2) is 0 Å². The smallest absolute Gasteiger partial charge is 0.257 e. The van der Waals surface area contributed by atoms with Gasteiger partial charge in [-0.1, -0.05) is 18.2 Å². The van der Waals surface area contributed by atoms with Crippen molar-refractivity contribution in [2.45, 2.75) is 0 Å². The minimum Gasteiger partial charge on any atom is -0.396 e. The molecule has 92 valence electrons. The quantitative estimate of drug-likeness (QED) is 0.641. The van der Waals surface area contributed by atoms with Crippen LogP contribution >= 0.6 is 22.6 Å². The molecule has 3 nitrogen and oxygen atoms in total. The minimum absolute atomic E-state index is 0.134. The number of hydrogen-bond acceptors (Lipinski definition) is 2. The standard InChI is InChI=1S/C13H10FIN2O/c14-9-5-3-4-8(12(9)16)13(18)17-11-7-2-1-6-10(11)15/h1-7H,16H2,(H,17,18). The molecule has 0 aromatic heterocycles. The van der Waals surface area contributed by atoms with E-state index in [0.29, 0.717) is 5.69 Å². The summed E-state index contributed by atoms with van der Waals surface area (Å²) in [6, 6.07) is 11.5. The molecule has 0 bridgehead atoms. The van der Waals surface area contributed by atoms with Gasteiger partial charge in [-0.15, -0.1) is 0 Å². The second-order valence-electron chi connectivity index (χ2n) is 3.64. The molecule has 0 unspecified atom stereocenters. The maximum absolute atomic E-state index is 13.3. The molecule has 5 heteroatoms. The first-order chi connectivity index (χ1) is 8.59. The van der Waals surface area contributed by atoms with Crippen LogP contribution < -0.4 is 11.1 Å². The van der Waals surface area contributed by atoms with Crippen molar-refractivity contribution in [1.82, 2.24) is 0 Å². The first-order valence-corrected chi connectivity index (χ1v) is 6.27. The van der Waals surface area contributed by atoms with Crippen LogP contribution in [0.25, 0.3) is 0 Å². The van der Waals surface area contributed by atoms with Crippen molar-refractivity contribution in [2.75, 3.05) is 11.1 Å². The van der Waals surface area contributed by atoms with Gasteiger partial charge in [-0.3, -0.25) is 4.79 Å². The van der Waals surface area contributed by atoms with Gasteiger partial charge in [0.05, 0.1) is 16.9 Å². The molecule has 0 aliphatic rings. The molecule has 0 radical (unpaired) electrons. The van der Waals surface area contributed by atoms with Crippen molar-refractivity contribution >= 4 is 39.9 Å². The van der Waals surface area contributed by atoms with Crippen LogP contribution in [0.15, 0.2) is 42.5 Å². The fourth-order valence-electron chi connectivity index (χ4n) is 1.49. The molecule has 3 N–H and O–H groups in total. The lowest BCUT2D eigenvalue weighted by Crippen LogP contribution is -2.15. The van der Waals surface area contributed by atoms with E-state index in [1.165, 1.54) is 18.2 Å². The Morgan fingerprint density at radius 3 is 2.61 bits per heavy atom. The van der Waals surface area contributed by atoms with Gasteiger partial charge in [0, 0.05) is 3.57 Å². The Hall–Kier alpha value is -1.63. The van der Waals surface area contributed by atoms with E-state index in [-0.39, 0.29) is 11.3 Å². The Morgan fingerprint density at radius 1 is 1.17 bits per heavy atom. The van der Waals surface area contributed by atoms with E-state index in [2.05, 4.69) is 27.9 Å². The van der Waals surface area contributed by atoms with Crippen LogP contribution in [0.3, 0.4) is 0 Å². The molecule has 0 spiro atoms. The number of anilines is 2. The zero-order valence-corrected chi connectivity index (χ0v) is 11.4. The lowest BCUT2D eigenvalue weighted by Gasteiger charge is -2.09. The maximum Gasteiger partial charge on any atom is 0.257 e. The van der Waals surface area contributed by atoms with Gasteiger partial charge in [-0.25, -0.2) is 4.39 Å². The zero-order chi connectivity index (χ0) is 13.1. The van der Waals surface area contributed by atoms with Crippen molar-refractivity contribution in [3.63, 3.8) is 0 Å². The van der Waals surface area contributed by atoms with Crippen LogP contribution in [0.5, 0.6) is 0 Å². The summed E-state index contributed by atoms with van der Waals surface area (Å²) >= 11 is 2.11. The highest BCUT2D eigenvalue weighted by Gasteiger charge is 2.13. The van der Waals surface area contributed by atoms with E-state index in [1.54, 1.807) is 6.07 Å². The van der Waals surface area contributed by atoms with Gasteiger partial charge in [-0.05, 0) is 46.9 Å². The summed E-state index contributed by atoms with van der Waals surface area (Å²) in [5.41, 5.74) is 6.21. The topological polar surface area (TPSA) is 55.1 Å². The molecule has 18 heavy (non-hydrogen) atoms. The third-order valence-corrected chi connectivity index (χ3v) is 3.36. The van der Waals surface area contributed by atoms with E-state index in [9.17, 15) is 9.18 Å². The lowest BCUT2D eigenvalue weighted by atomic mass is 10.1. The Balaban J connectivity index is 2.28. The van der Waals surface area contributed by atoms with E-state index in [0.717, 1.165) is 3.57 Å². The molecule has 0 aliphatic carbocycles. The fourth-order valence-corrected chi connectivity index (χ4v) is 2.01. The van der Waals surface area contributed by atoms with Crippen LogP contribution in [0, 0.1) is 9.39 Å². The molecule has 2 aromatic carbocycles. The Labute approximate surface area is 117 Å². The van der Waals surface area contributed by atoms with Crippen molar-refractivity contribution in [3.8, 4) is 0 Å². The summed E-state index contributed by atoms with van der Waals surface area (Å²) in [6.45, 7) is 0. The fraction of sp³-hybridized carbons (Fsp3) is 0. The second-order valence-corrected chi connectivity index (χ2v) is 4.80. The van der Waals surface area contributed by atoms with Gasteiger partial charge in [0.25, 0.3) is 5.91 Å². The number of amides is 1. The summed E-state index contributed by atoms with van der Waals surface area (Å²) in [4.78, 5) is 12.0. The van der Waals surface area contributed by atoms with Gasteiger partial charge >= 0.3 is 0 Å².